The Balaban J connectivity index is 3.56. The molecule has 0 aliphatic rings. The van der Waals surface area contributed by atoms with Gasteiger partial charge in [-0.15, -0.1) is 0 Å². The summed E-state index contributed by atoms with van der Waals surface area (Å²) in [6, 6.07) is 0. The second kappa shape index (κ2) is 6.11. The summed E-state index contributed by atoms with van der Waals surface area (Å²) >= 11 is 0. The molecule has 0 spiro atoms. The molecule has 0 aromatic rings. The van der Waals surface area contributed by atoms with E-state index in [-0.39, 0.29) is 0 Å². The van der Waals surface area contributed by atoms with Crippen molar-refractivity contribution in [3.05, 3.63) is 36.6 Å². The molecule has 0 fully saturated rings. The van der Waals surface area contributed by atoms with Crippen molar-refractivity contribution >= 4 is 0 Å². The van der Waals surface area contributed by atoms with Crippen LogP contribution in [0.25, 0.3) is 0 Å². The SMILES string of the molecule is C=C(/C=C/C=C\C)NNC. The van der Waals surface area contributed by atoms with Crippen LogP contribution in [0.5, 0.6) is 0 Å². The lowest BCUT2D eigenvalue weighted by Gasteiger charge is -1.99. The second-order valence-electron chi connectivity index (χ2n) is 1.79. The second-order valence-corrected chi connectivity index (χ2v) is 1.79. The maximum Gasteiger partial charge on any atom is 0.0415 e. The highest BCUT2D eigenvalue weighted by atomic mass is 15.3. The van der Waals surface area contributed by atoms with E-state index in [9.17, 15) is 0 Å². The molecule has 0 heterocycles. The van der Waals surface area contributed by atoms with Gasteiger partial charge in [0.05, 0.1) is 0 Å². The van der Waals surface area contributed by atoms with Crippen molar-refractivity contribution in [2.24, 2.45) is 0 Å². The molecule has 0 aliphatic carbocycles. The van der Waals surface area contributed by atoms with Crippen molar-refractivity contribution in [2.75, 3.05) is 7.05 Å². The van der Waals surface area contributed by atoms with Crippen LogP contribution in [0.4, 0.5) is 0 Å². The average Bonchev–Trinajstić information content (AvgIpc) is 1.89. The van der Waals surface area contributed by atoms with E-state index in [0.717, 1.165) is 5.70 Å². The van der Waals surface area contributed by atoms with Gasteiger partial charge in [0, 0.05) is 12.7 Å². The van der Waals surface area contributed by atoms with Gasteiger partial charge in [-0.05, 0) is 13.0 Å². The van der Waals surface area contributed by atoms with Crippen LogP contribution in [0.3, 0.4) is 0 Å². The first-order chi connectivity index (χ1) is 4.81. The van der Waals surface area contributed by atoms with Gasteiger partial charge in [0.2, 0.25) is 0 Å². The molecular weight excluding hydrogens is 124 g/mol. The largest absolute Gasteiger partial charge is 0.322 e. The molecule has 0 atom stereocenters. The third-order valence-electron chi connectivity index (χ3n) is 0.887. The Kier molecular flexibility index (Phi) is 5.48. The molecule has 10 heavy (non-hydrogen) atoms. The summed E-state index contributed by atoms with van der Waals surface area (Å²) in [4.78, 5) is 0. The molecule has 0 aromatic carbocycles. The Bertz CT molecular complexity index is 145. The van der Waals surface area contributed by atoms with Gasteiger partial charge in [0.25, 0.3) is 0 Å². The quantitative estimate of drug-likeness (QED) is 0.452. The van der Waals surface area contributed by atoms with Crippen molar-refractivity contribution in [3.63, 3.8) is 0 Å². The average molecular weight is 138 g/mol. The van der Waals surface area contributed by atoms with Gasteiger partial charge in [-0.25, -0.2) is 5.43 Å². The monoisotopic (exact) mass is 138 g/mol. The Morgan fingerprint density at radius 1 is 1.40 bits per heavy atom. The molecule has 0 bridgehead atoms. The zero-order valence-electron chi connectivity index (χ0n) is 6.52. The van der Waals surface area contributed by atoms with E-state index in [1.807, 2.05) is 31.2 Å². The minimum Gasteiger partial charge on any atom is -0.322 e. The normalized spacial score (nSPS) is 11.0. The van der Waals surface area contributed by atoms with Crippen molar-refractivity contribution in [2.45, 2.75) is 6.92 Å². The number of hydrazine groups is 1. The van der Waals surface area contributed by atoms with E-state index < -0.39 is 0 Å². The van der Waals surface area contributed by atoms with Gasteiger partial charge in [0.15, 0.2) is 0 Å². The highest BCUT2D eigenvalue weighted by Gasteiger charge is 1.77. The molecule has 2 nitrogen and oxygen atoms in total. The van der Waals surface area contributed by atoms with E-state index in [0.29, 0.717) is 0 Å². The smallest absolute Gasteiger partial charge is 0.0415 e. The van der Waals surface area contributed by atoms with Crippen molar-refractivity contribution < 1.29 is 0 Å². The van der Waals surface area contributed by atoms with Crippen LogP contribution < -0.4 is 10.9 Å². The molecule has 0 aliphatic heterocycles. The van der Waals surface area contributed by atoms with E-state index in [1.54, 1.807) is 7.05 Å². The Morgan fingerprint density at radius 3 is 2.60 bits per heavy atom. The molecule has 0 rings (SSSR count). The zero-order valence-corrected chi connectivity index (χ0v) is 6.52. The standard InChI is InChI=1S/C8H14N2/c1-4-5-6-7-8(2)10-9-3/h4-7,9-10H,2H2,1,3H3/b5-4-,7-6+. The maximum absolute atomic E-state index is 3.72. The number of allylic oxidation sites excluding steroid dienone is 4. The molecule has 0 saturated heterocycles. The minimum atomic E-state index is 0.848. The van der Waals surface area contributed by atoms with Crippen LogP contribution >= 0.6 is 0 Å². The minimum absolute atomic E-state index is 0.848. The van der Waals surface area contributed by atoms with Crippen molar-refractivity contribution in [3.8, 4) is 0 Å². The summed E-state index contributed by atoms with van der Waals surface area (Å²) in [7, 11) is 1.80. The number of hydrogen-bond donors (Lipinski definition) is 2. The van der Waals surface area contributed by atoms with E-state index in [1.165, 1.54) is 0 Å². The summed E-state index contributed by atoms with van der Waals surface area (Å²) in [5.41, 5.74) is 6.46. The first kappa shape index (κ1) is 8.98. The number of hydrogen-bond acceptors (Lipinski definition) is 2. The highest BCUT2D eigenvalue weighted by Crippen LogP contribution is 1.84. The summed E-state index contributed by atoms with van der Waals surface area (Å²) in [6.45, 7) is 5.69. The summed E-state index contributed by atoms with van der Waals surface area (Å²) in [6.07, 6.45) is 7.72. The molecule has 2 N–H and O–H groups in total. The van der Waals surface area contributed by atoms with Gasteiger partial charge in [-0.1, -0.05) is 24.8 Å². The molecule has 0 amide bonds. The first-order valence-electron chi connectivity index (χ1n) is 3.22. The molecular formula is C8H14N2. The van der Waals surface area contributed by atoms with Crippen LogP contribution in [-0.2, 0) is 0 Å². The number of nitrogens with one attached hydrogen (secondary N) is 2. The fourth-order valence-electron chi connectivity index (χ4n) is 0.485. The van der Waals surface area contributed by atoms with Gasteiger partial charge < -0.3 is 5.43 Å². The van der Waals surface area contributed by atoms with Crippen LogP contribution in [0.1, 0.15) is 6.92 Å². The Labute approximate surface area is 62.3 Å². The third kappa shape index (κ3) is 5.12. The fraction of sp³-hybridized carbons (Fsp3) is 0.250. The Hall–Kier alpha value is -1.02. The lowest BCUT2D eigenvalue weighted by molar-refractivity contribution is 0.706. The maximum atomic E-state index is 3.72. The summed E-state index contributed by atoms with van der Waals surface area (Å²) in [5, 5.41) is 0. The topological polar surface area (TPSA) is 24.1 Å². The van der Waals surface area contributed by atoms with E-state index in [4.69, 9.17) is 0 Å². The molecule has 0 aromatic heterocycles. The van der Waals surface area contributed by atoms with Gasteiger partial charge in [-0.2, -0.15) is 0 Å². The van der Waals surface area contributed by atoms with Gasteiger partial charge in [0.1, 0.15) is 0 Å². The number of rotatable bonds is 4. The van der Waals surface area contributed by atoms with Gasteiger partial charge >= 0.3 is 0 Å². The zero-order chi connectivity index (χ0) is 7.82. The van der Waals surface area contributed by atoms with Gasteiger partial charge in [-0.3, -0.25) is 0 Å². The summed E-state index contributed by atoms with van der Waals surface area (Å²) in [5.74, 6) is 0. The predicted molar refractivity (Wildman–Crippen MR) is 45.3 cm³/mol. The van der Waals surface area contributed by atoms with Crippen molar-refractivity contribution in [1.82, 2.24) is 10.9 Å². The lowest BCUT2D eigenvalue weighted by atomic mass is 10.4. The fourth-order valence-corrected chi connectivity index (χ4v) is 0.485. The van der Waals surface area contributed by atoms with E-state index >= 15 is 0 Å². The van der Waals surface area contributed by atoms with Crippen LogP contribution in [0, 0.1) is 0 Å². The first-order valence-corrected chi connectivity index (χ1v) is 3.22. The Morgan fingerprint density at radius 2 is 2.10 bits per heavy atom. The predicted octanol–water partition coefficient (Wildman–Crippen LogP) is 1.36. The molecule has 0 radical (unpaired) electrons. The molecule has 2 heteroatoms. The van der Waals surface area contributed by atoms with Crippen LogP contribution in [0.15, 0.2) is 36.6 Å². The van der Waals surface area contributed by atoms with E-state index in [2.05, 4.69) is 17.4 Å². The van der Waals surface area contributed by atoms with Crippen LogP contribution in [-0.4, -0.2) is 7.05 Å². The summed E-state index contributed by atoms with van der Waals surface area (Å²) < 4.78 is 0. The molecule has 0 unspecified atom stereocenters. The van der Waals surface area contributed by atoms with Crippen LogP contribution in [0.2, 0.25) is 0 Å². The third-order valence-corrected chi connectivity index (χ3v) is 0.887. The molecule has 0 saturated carbocycles. The highest BCUT2D eigenvalue weighted by molar-refractivity contribution is 5.16. The van der Waals surface area contributed by atoms with Crippen molar-refractivity contribution in [1.29, 1.82) is 0 Å². The lowest BCUT2D eigenvalue weighted by Crippen LogP contribution is -2.24. The molecule has 56 valence electrons.